The summed E-state index contributed by atoms with van der Waals surface area (Å²) in [5.74, 6) is 1.35. The lowest BCUT2D eigenvalue weighted by Gasteiger charge is -2.32. The monoisotopic (exact) mass is 424 g/mol. The number of benzene rings is 2. The number of likely N-dealkylation sites (tertiary alicyclic amines) is 1. The Hall–Kier alpha value is -2.70. The third kappa shape index (κ3) is 4.89. The van der Waals surface area contributed by atoms with Crippen LogP contribution in [0.3, 0.4) is 0 Å². The molecule has 1 saturated heterocycles. The van der Waals surface area contributed by atoms with E-state index < -0.39 is 0 Å². The Morgan fingerprint density at radius 1 is 1.13 bits per heavy atom. The molecule has 1 aliphatic heterocycles. The van der Waals surface area contributed by atoms with Crippen molar-refractivity contribution >= 4 is 17.5 Å². The number of rotatable bonds is 6. The van der Waals surface area contributed by atoms with Gasteiger partial charge in [-0.3, -0.25) is 9.69 Å². The number of carbonyl (C=O) groups is 1. The van der Waals surface area contributed by atoms with E-state index in [4.69, 9.17) is 16.1 Å². The Kier molecular flexibility index (Phi) is 6.45. The van der Waals surface area contributed by atoms with E-state index in [1.165, 1.54) is 0 Å². The van der Waals surface area contributed by atoms with Crippen LogP contribution in [0, 0.1) is 5.92 Å². The summed E-state index contributed by atoms with van der Waals surface area (Å²) in [6.45, 7) is 2.89. The van der Waals surface area contributed by atoms with Gasteiger partial charge in [0, 0.05) is 25.1 Å². The minimum Gasteiger partial charge on any atom is -0.341 e. The minimum absolute atomic E-state index is 0.0660. The lowest BCUT2D eigenvalue weighted by Crippen LogP contribution is -2.40. The first-order valence-electron chi connectivity index (χ1n) is 10.2. The van der Waals surface area contributed by atoms with Gasteiger partial charge in [-0.05, 0) is 43.6 Å². The fraction of sp³-hybridized carbons (Fsp3) is 0.348. The highest BCUT2D eigenvalue weighted by Gasteiger charge is 2.28. The molecular weight excluding hydrogens is 400 g/mol. The van der Waals surface area contributed by atoms with Crippen LogP contribution in [0.5, 0.6) is 0 Å². The van der Waals surface area contributed by atoms with E-state index in [2.05, 4.69) is 15.0 Å². The fourth-order valence-electron chi connectivity index (χ4n) is 3.85. The van der Waals surface area contributed by atoms with Crippen LogP contribution in [-0.4, -0.2) is 46.0 Å². The van der Waals surface area contributed by atoms with Crippen molar-refractivity contribution in [2.45, 2.75) is 25.9 Å². The summed E-state index contributed by atoms with van der Waals surface area (Å²) < 4.78 is 5.42. The summed E-state index contributed by atoms with van der Waals surface area (Å²) in [6.07, 6.45) is 1.67. The maximum atomic E-state index is 12.8. The molecule has 1 aromatic heterocycles. The molecule has 2 heterocycles. The quantitative estimate of drug-likeness (QED) is 0.591. The third-order valence-corrected chi connectivity index (χ3v) is 5.85. The van der Waals surface area contributed by atoms with E-state index >= 15 is 0 Å². The summed E-state index contributed by atoms with van der Waals surface area (Å²) in [5, 5.41) is 4.66. The van der Waals surface area contributed by atoms with Crippen molar-refractivity contribution in [1.82, 2.24) is 19.9 Å². The van der Waals surface area contributed by atoms with E-state index in [9.17, 15) is 4.79 Å². The van der Waals surface area contributed by atoms with Crippen LogP contribution in [0.25, 0.3) is 11.4 Å². The molecule has 1 amide bonds. The maximum Gasteiger partial charge on any atom is 0.241 e. The second-order valence-corrected chi connectivity index (χ2v) is 8.13. The molecule has 6 nitrogen and oxygen atoms in total. The van der Waals surface area contributed by atoms with E-state index in [1.54, 1.807) is 0 Å². The summed E-state index contributed by atoms with van der Waals surface area (Å²) in [6, 6.07) is 17.5. The Labute approximate surface area is 181 Å². The van der Waals surface area contributed by atoms with E-state index in [-0.39, 0.29) is 11.8 Å². The van der Waals surface area contributed by atoms with E-state index in [0.717, 1.165) is 37.1 Å². The standard InChI is InChI=1S/C23H25ClN4O2/c1-27(15-17-7-3-2-4-8-17)23(29)18-11-13-28(14-12-18)16-21-25-22(26-30-21)19-9-5-6-10-20(19)24/h2-10,18H,11-16H2,1H3. The number of amides is 1. The molecular formula is C23H25ClN4O2. The zero-order chi connectivity index (χ0) is 20.9. The third-order valence-electron chi connectivity index (χ3n) is 5.52. The van der Waals surface area contributed by atoms with Crippen LogP contribution in [-0.2, 0) is 17.9 Å². The Bertz CT molecular complexity index is 984. The molecule has 0 unspecified atom stereocenters. The smallest absolute Gasteiger partial charge is 0.241 e. The molecule has 1 aliphatic rings. The molecule has 0 aliphatic carbocycles. The topological polar surface area (TPSA) is 62.5 Å². The largest absolute Gasteiger partial charge is 0.341 e. The summed E-state index contributed by atoms with van der Waals surface area (Å²) in [5.41, 5.74) is 1.91. The van der Waals surface area contributed by atoms with Gasteiger partial charge in [0.15, 0.2) is 0 Å². The highest BCUT2D eigenvalue weighted by Crippen LogP contribution is 2.26. The van der Waals surface area contributed by atoms with Crippen molar-refractivity contribution in [3.8, 4) is 11.4 Å². The highest BCUT2D eigenvalue weighted by atomic mass is 35.5. The number of nitrogens with zero attached hydrogens (tertiary/aromatic N) is 4. The number of aromatic nitrogens is 2. The van der Waals surface area contributed by atoms with Crippen LogP contribution in [0.2, 0.25) is 5.02 Å². The van der Waals surface area contributed by atoms with Gasteiger partial charge in [0.05, 0.1) is 11.6 Å². The molecule has 30 heavy (non-hydrogen) atoms. The van der Waals surface area contributed by atoms with Crippen molar-refractivity contribution in [3.63, 3.8) is 0 Å². The van der Waals surface area contributed by atoms with Crippen LogP contribution < -0.4 is 0 Å². The number of halogens is 1. The molecule has 4 rings (SSSR count). The van der Waals surface area contributed by atoms with Gasteiger partial charge in [0.1, 0.15) is 0 Å². The van der Waals surface area contributed by atoms with Crippen LogP contribution in [0.1, 0.15) is 24.3 Å². The van der Waals surface area contributed by atoms with Crippen molar-refractivity contribution in [1.29, 1.82) is 0 Å². The summed E-state index contributed by atoms with van der Waals surface area (Å²) in [4.78, 5) is 21.4. The van der Waals surface area contributed by atoms with E-state index in [1.807, 2.05) is 66.5 Å². The predicted molar refractivity (Wildman–Crippen MR) is 116 cm³/mol. The minimum atomic E-state index is 0.0660. The lowest BCUT2D eigenvalue weighted by atomic mass is 9.95. The molecule has 0 bridgehead atoms. The summed E-state index contributed by atoms with van der Waals surface area (Å²) in [7, 11) is 1.89. The maximum absolute atomic E-state index is 12.8. The lowest BCUT2D eigenvalue weighted by molar-refractivity contribution is -0.136. The molecule has 0 saturated carbocycles. The van der Waals surface area contributed by atoms with Gasteiger partial charge >= 0.3 is 0 Å². The normalized spacial score (nSPS) is 15.3. The number of hydrogen-bond donors (Lipinski definition) is 0. The first-order chi connectivity index (χ1) is 14.6. The Balaban J connectivity index is 1.29. The first-order valence-corrected chi connectivity index (χ1v) is 10.6. The number of hydrogen-bond acceptors (Lipinski definition) is 5. The van der Waals surface area contributed by atoms with Crippen LogP contribution >= 0.6 is 11.6 Å². The number of piperidine rings is 1. The van der Waals surface area contributed by atoms with Crippen LogP contribution in [0.15, 0.2) is 59.1 Å². The van der Waals surface area contributed by atoms with Gasteiger partial charge in [-0.25, -0.2) is 0 Å². The van der Waals surface area contributed by atoms with Gasteiger partial charge in [-0.1, -0.05) is 59.2 Å². The highest BCUT2D eigenvalue weighted by molar-refractivity contribution is 6.33. The second-order valence-electron chi connectivity index (χ2n) is 7.72. The molecule has 156 valence electrons. The van der Waals surface area contributed by atoms with Gasteiger partial charge in [0.25, 0.3) is 0 Å². The molecule has 2 aromatic carbocycles. The van der Waals surface area contributed by atoms with Crippen molar-refractivity contribution in [2.24, 2.45) is 5.92 Å². The molecule has 7 heteroatoms. The molecule has 3 aromatic rings. The molecule has 0 spiro atoms. The zero-order valence-corrected chi connectivity index (χ0v) is 17.8. The first kappa shape index (κ1) is 20.6. The Morgan fingerprint density at radius 2 is 1.83 bits per heavy atom. The molecule has 0 radical (unpaired) electrons. The van der Waals surface area contributed by atoms with Gasteiger partial charge < -0.3 is 9.42 Å². The average Bonchev–Trinajstić information content (AvgIpc) is 3.23. The van der Waals surface area contributed by atoms with Crippen molar-refractivity contribution in [2.75, 3.05) is 20.1 Å². The SMILES string of the molecule is CN(Cc1ccccc1)C(=O)C1CCN(Cc2nc(-c3ccccc3Cl)no2)CC1. The summed E-state index contributed by atoms with van der Waals surface area (Å²) >= 11 is 6.21. The van der Waals surface area contributed by atoms with Gasteiger partial charge in [-0.2, -0.15) is 4.98 Å². The fourth-order valence-corrected chi connectivity index (χ4v) is 4.07. The Morgan fingerprint density at radius 3 is 2.57 bits per heavy atom. The van der Waals surface area contributed by atoms with Gasteiger partial charge in [-0.15, -0.1) is 0 Å². The second kappa shape index (κ2) is 9.41. The van der Waals surface area contributed by atoms with Crippen LogP contribution in [0.4, 0.5) is 0 Å². The van der Waals surface area contributed by atoms with Crippen molar-refractivity contribution < 1.29 is 9.32 Å². The van der Waals surface area contributed by atoms with Crippen molar-refractivity contribution in [3.05, 3.63) is 71.1 Å². The van der Waals surface area contributed by atoms with E-state index in [0.29, 0.717) is 29.8 Å². The van der Waals surface area contributed by atoms with Gasteiger partial charge in [0.2, 0.25) is 17.6 Å². The molecule has 0 atom stereocenters. The average molecular weight is 425 g/mol. The molecule has 1 fully saturated rings. The number of carbonyl (C=O) groups excluding carboxylic acids is 1. The zero-order valence-electron chi connectivity index (χ0n) is 17.0. The molecule has 0 N–H and O–H groups in total. The predicted octanol–water partition coefficient (Wildman–Crippen LogP) is 4.26.